The minimum absolute atomic E-state index is 0.00457. The number of aromatic nitrogens is 4. The van der Waals surface area contributed by atoms with Gasteiger partial charge in [0.05, 0.1) is 23.0 Å². The van der Waals surface area contributed by atoms with Gasteiger partial charge in [-0.2, -0.15) is 5.10 Å². The summed E-state index contributed by atoms with van der Waals surface area (Å²) >= 11 is 1.36. The maximum Gasteiger partial charge on any atom is 0.270 e. The number of hydrogen-bond donors (Lipinski definition) is 1. The Hall–Kier alpha value is -2.48. The van der Waals surface area contributed by atoms with Crippen molar-refractivity contribution >= 4 is 27.5 Å². The van der Waals surface area contributed by atoms with Crippen LogP contribution in [0.3, 0.4) is 0 Å². The predicted molar refractivity (Wildman–Crippen MR) is 110 cm³/mol. The van der Waals surface area contributed by atoms with Crippen molar-refractivity contribution in [3.63, 3.8) is 0 Å². The summed E-state index contributed by atoms with van der Waals surface area (Å²) in [7, 11) is 0. The molecule has 0 radical (unpaired) electrons. The minimum Gasteiger partial charge on any atom is -0.339 e. The molecule has 0 spiro atoms. The Bertz CT molecular complexity index is 1080. The van der Waals surface area contributed by atoms with E-state index in [2.05, 4.69) is 35.8 Å². The highest BCUT2D eigenvalue weighted by atomic mass is 32.1. The number of H-pyrrole nitrogens is 1. The third-order valence-corrected chi connectivity index (χ3v) is 6.65. The number of nitrogens with zero attached hydrogens (tertiary/aromatic N) is 4. The van der Waals surface area contributed by atoms with Gasteiger partial charge in [-0.15, -0.1) is 11.3 Å². The average Bonchev–Trinajstić information content (AvgIpc) is 3.27. The summed E-state index contributed by atoms with van der Waals surface area (Å²) in [4.78, 5) is 34.4. The zero-order valence-corrected chi connectivity index (χ0v) is 17.5. The zero-order chi connectivity index (χ0) is 20.1. The third-order valence-electron chi connectivity index (χ3n) is 5.75. The van der Waals surface area contributed by atoms with Crippen molar-refractivity contribution in [1.82, 2.24) is 24.6 Å². The summed E-state index contributed by atoms with van der Waals surface area (Å²) in [5, 5.41) is 6.16. The summed E-state index contributed by atoms with van der Waals surface area (Å²) in [6.45, 7) is 10.2. The van der Waals surface area contributed by atoms with Gasteiger partial charge in [0.1, 0.15) is 4.70 Å². The van der Waals surface area contributed by atoms with E-state index in [0.717, 1.165) is 25.9 Å². The van der Waals surface area contributed by atoms with Crippen LogP contribution in [0.2, 0.25) is 0 Å². The van der Waals surface area contributed by atoms with Gasteiger partial charge in [0, 0.05) is 13.1 Å². The second-order valence-electron chi connectivity index (χ2n) is 8.51. The van der Waals surface area contributed by atoms with Crippen LogP contribution >= 0.6 is 11.3 Å². The first-order valence-electron chi connectivity index (χ1n) is 9.57. The quantitative estimate of drug-likeness (QED) is 0.716. The van der Waals surface area contributed by atoms with E-state index >= 15 is 0 Å². The van der Waals surface area contributed by atoms with Gasteiger partial charge >= 0.3 is 0 Å². The molecule has 7 nitrogen and oxygen atoms in total. The summed E-state index contributed by atoms with van der Waals surface area (Å²) in [5.74, 6) is 0.959. The van der Waals surface area contributed by atoms with Crippen molar-refractivity contribution in [2.45, 2.75) is 40.5 Å². The van der Waals surface area contributed by atoms with Gasteiger partial charge in [-0.1, -0.05) is 20.8 Å². The molecular formula is C20H25N5O2S. The molecule has 0 aromatic carbocycles. The number of carbonyl (C=O) groups is 1. The topological polar surface area (TPSA) is 83.9 Å². The number of nitrogens with one attached hydrogen (secondary N) is 1. The van der Waals surface area contributed by atoms with E-state index in [0.29, 0.717) is 33.3 Å². The molecule has 148 valence electrons. The summed E-state index contributed by atoms with van der Waals surface area (Å²) in [6.07, 6.45) is 3.61. The van der Waals surface area contributed by atoms with Crippen LogP contribution in [-0.2, 0) is 0 Å². The first-order valence-corrected chi connectivity index (χ1v) is 10.5. The van der Waals surface area contributed by atoms with Gasteiger partial charge in [-0.25, -0.2) is 9.67 Å². The fourth-order valence-electron chi connectivity index (χ4n) is 3.91. The predicted octanol–water partition coefficient (Wildman–Crippen LogP) is 3.38. The number of aromatic amines is 1. The molecular weight excluding hydrogens is 374 g/mol. The van der Waals surface area contributed by atoms with Gasteiger partial charge in [0.15, 0.2) is 0 Å². The van der Waals surface area contributed by atoms with E-state index in [1.165, 1.54) is 16.0 Å². The Labute approximate surface area is 167 Å². The molecule has 1 fully saturated rings. The Morgan fingerprint density at radius 3 is 2.68 bits per heavy atom. The van der Waals surface area contributed by atoms with Gasteiger partial charge in [-0.3, -0.25) is 14.6 Å². The van der Waals surface area contributed by atoms with Crippen molar-refractivity contribution in [3.05, 3.63) is 39.3 Å². The number of hydrogen-bond acceptors (Lipinski definition) is 5. The molecule has 1 amide bonds. The van der Waals surface area contributed by atoms with E-state index < -0.39 is 0 Å². The minimum atomic E-state index is -0.193. The smallest absolute Gasteiger partial charge is 0.270 e. The van der Waals surface area contributed by atoms with E-state index in [1.54, 1.807) is 6.20 Å². The number of amides is 1. The van der Waals surface area contributed by atoms with Gasteiger partial charge in [-0.05, 0) is 42.5 Å². The fraction of sp³-hybridized carbons (Fsp3) is 0.500. The van der Waals surface area contributed by atoms with Crippen LogP contribution in [0.1, 0.15) is 49.7 Å². The molecule has 1 aliphatic heterocycles. The van der Waals surface area contributed by atoms with Gasteiger partial charge in [0.2, 0.25) is 5.95 Å². The molecule has 0 unspecified atom stereocenters. The molecule has 0 bridgehead atoms. The van der Waals surface area contributed by atoms with Crippen LogP contribution in [0.5, 0.6) is 0 Å². The van der Waals surface area contributed by atoms with E-state index in [9.17, 15) is 9.59 Å². The molecule has 1 saturated heterocycles. The van der Waals surface area contributed by atoms with Crippen molar-refractivity contribution in [3.8, 4) is 5.95 Å². The van der Waals surface area contributed by atoms with Crippen molar-refractivity contribution in [1.29, 1.82) is 0 Å². The summed E-state index contributed by atoms with van der Waals surface area (Å²) in [6, 6.07) is 1.81. The molecule has 28 heavy (non-hydrogen) atoms. The Kier molecular flexibility index (Phi) is 4.61. The molecule has 4 rings (SSSR count). The maximum atomic E-state index is 13.0. The van der Waals surface area contributed by atoms with Crippen molar-refractivity contribution in [2.24, 2.45) is 11.3 Å². The highest BCUT2D eigenvalue weighted by Crippen LogP contribution is 2.34. The molecule has 3 aromatic heterocycles. The third kappa shape index (κ3) is 3.26. The standard InChI is InChI=1S/C20H25N5O2S/c1-12-14(18(27)24-8-5-13(6-9-24)20(2,3)4)11-21-25(12)19-22-15-7-10-28-16(15)17(26)23-19/h7,10-11,13H,5-6,8-9H2,1-4H3,(H,22,23,26). The van der Waals surface area contributed by atoms with E-state index in [1.807, 2.05) is 23.3 Å². The van der Waals surface area contributed by atoms with Gasteiger partial charge in [0.25, 0.3) is 11.5 Å². The lowest BCUT2D eigenvalue weighted by atomic mass is 9.75. The number of piperidine rings is 1. The fourth-order valence-corrected chi connectivity index (χ4v) is 4.64. The first kappa shape index (κ1) is 18.9. The molecule has 3 aromatic rings. The molecule has 1 aliphatic rings. The van der Waals surface area contributed by atoms with Crippen LogP contribution in [0.25, 0.3) is 16.2 Å². The highest BCUT2D eigenvalue weighted by Gasteiger charge is 2.31. The molecule has 1 N–H and O–H groups in total. The first-order chi connectivity index (χ1) is 13.3. The molecule has 4 heterocycles. The average molecular weight is 400 g/mol. The lowest BCUT2D eigenvalue weighted by molar-refractivity contribution is 0.0608. The maximum absolute atomic E-state index is 13.0. The summed E-state index contributed by atoms with van der Waals surface area (Å²) < 4.78 is 2.12. The van der Waals surface area contributed by atoms with Crippen LogP contribution in [-0.4, -0.2) is 43.6 Å². The molecule has 0 saturated carbocycles. The second-order valence-corrected chi connectivity index (χ2v) is 9.43. The number of carbonyl (C=O) groups excluding carboxylic acids is 1. The summed E-state index contributed by atoms with van der Waals surface area (Å²) in [5.41, 5.74) is 1.95. The Morgan fingerprint density at radius 2 is 2.00 bits per heavy atom. The normalized spacial score (nSPS) is 16.1. The van der Waals surface area contributed by atoms with E-state index in [-0.39, 0.29) is 16.9 Å². The van der Waals surface area contributed by atoms with Gasteiger partial charge < -0.3 is 4.90 Å². The van der Waals surface area contributed by atoms with Crippen LogP contribution < -0.4 is 5.56 Å². The highest BCUT2D eigenvalue weighted by molar-refractivity contribution is 7.17. The Morgan fingerprint density at radius 1 is 1.29 bits per heavy atom. The van der Waals surface area contributed by atoms with Crippen molar-refractivity contribution < 1.29 is 4.79 Å². The molecule has 0 atom stereocenters. The lowest BCUT2D eigenvalue weighted by Gasteiger charge is -2.38. The number of thiophene rings is 1. The molecule has 8 heteroatoms. The lowest BCUT2D eigenvalue weighted by Crippen LogP contribution is -2.41. The van der Waals surface area contributed by atoms with Crippen LogP contribution in [0.15, 0.2) is 22.4 Å². The number of fused-ring (bicyclic) bond motifs is 1. The van der Waals surface area contributed by atoms with Crippen LogP contribution in [0.4, 0.5) is 0 Å². The van der Waals surface area contributed by atoms with E-state index in [4.69, 9.17) is 0 Å². The van der Waals surface area contributed by atoms with Crippen molar-refractivity contribution in [2.75, 3.05) is 13.1 Å². The zero-order valence-electron chi connectivity index (χ0n) is 16.7. The largest absolute Gasteiger partial charge is 0.339 e. The Balaban J connectivity index is 1.58. The molecule has 0 aliphatic carbocycles. The SMILES string of the molecule is Cc1c(C(=O)N2CCC(C(C)(C)C)CC2)cnn1-c1nc2ccsc2c(=O)[nH]1. The number of likely N-dealkylation sites (tertiary alicyclic amines) is 1. The van der Waals surface area contributed by atoms with Crippen LogP contribution in [0, 0.1) is 18.3 Å². The monoisotopic (exact) mass is 399 g/mol. The second kappa shape index (κ2) is 6.84. The number of rotatable bonds is 2.